The van der Waals surface area contributed by atoms with Crippen molar-refractivity contribution >= 4 is 5.97 Å². The Kier molecular flexibility index (Phi) is 4.35. The monoisotopic (exact) mass is 258 g/mol. The van der Waals surface area contributed by atoms with Crippen molar-refractivity contribution in [2.45, 2.75) is 18.9 Å². The minimum Gasteiger partial charge on any atom is -0.504 e. The first-order chi connectivity index (χ1) is 8.40. The number of hydrogen-bond donors (Lipinski definition) is 6. The lowest BCUT2D eigenvalue weighted by Crippen LogP contribution is -2.08. The molecule has 100 valence electrons. The van der Waals surface area contributed by atoms with E-state index in [4.69, 9.17) is 10.2 Å². The highest BCUT2D eigenvalue weighted by Crippen LogP contribution is 2.43. The van der Waals surface area contributed by atoms with Gasteiger partial charge in [-0.2, -0.15) is 0 Å². The molecule has 0 aromatic heterocycles. The Morgan fingerprint density at radius 3 is 2.33 bits per heavy atom. The van der Waals surface area contributed by atoms with Crippen molar-refractivity contribution in [2.75, 3.05) is 6.61 Å². The van der Waals surface area contributed by atoms with Crippen LogP contribution in [0.25, 0.3) is 0 Å². The van der Waals surface area contributed by atoms with E-state index in [2.05, 4.69) is 0 Å². The molecule has 1 aromatic carbocycles. The first kappa shape index (κ1) is 14.1. The number of aliphatic hydroxyl groups is 2. The lowest BCUT2D eigenvalue weighted by Gasteiger charge is -2.16. The minimum atomic E-state index is -1.46. The number of phenols is 3. The van der Waals surface area contributed by atoms with E-state index in [9.17, 15) is 25.2 Å². The molecular weight excluding hydrogens is 244 g/mol. The fourth-order valence-corrected chi connectivity index (χ4v) is 1.60. The first-order valence-corrected chi connectivity index (χ1v) is 5.20. The van der Waals surface area contributed by atoms with Crippen LogP contribution in [0, 0.1) is 0 Å². The second-order valence-corrected chi connectivity index (χ2v) is 3.74. The van der Waals surface area contributed by atoms with Crippen LogP contribution in [-0.2, 0) is 0 Å². The fourth-order valence-electron chi connectivity index (χ4n) is 1.60. The van der Waals surface area contributed by atoms with E-state index in [1.54, 1.807) is 0 Å². The highest BCUT2D eigenvalue weighted by atomic mass is 16.4. The highest BCUT2D eigenvalue weighted by Gasteiger charge is 2.25. The predicted molar refractivity (Wildman–Crippen MR) is 59.7 cm³/mol. The third-order valence-electron chi connectivity index (χ3n) is 2.49. The highest BCUT2D eigenvalue weighted by molar-refractivity contribution is 5.92. The van der Waals surface area contributed by atoms with Crippen LogP contribution in [0.4, 0.5) is 0 Å². The lowest BCUT2D eigenvalue weighted by molar-refractivity contribution is 0.0685. The number of carbonyl (C=O) groups is 1. The maximum Gasteiger partial charge on any atom is 0.336 e. The lowest BCUT2D eigenvalue weighted by atomic mass is 9.97. The van der Waals surface area contributed by atoms with Crippen molar-refractivity contribution in [3.05, 3.63) is 17.2 Å². The quantitative estimate of drug-likeness (QED) is 0.418. The summed E-state index contributed by atoms with van der Waals surface area (Å²) in [6.07, 6.45) is -1.16. The van der Waals surface area contributed by atoms with Crippen LogP contribution in [0.15, 0.2) is 6.07 Å². The number of phenolic OH excluding ortho intramolecular Hbond substituents is 3. The SMILES string of the molecule is O=C(O)c1cc(O)c(O)c(O)c1C(O)CCCO. The van der Waals surface area contributed by atoms with E-state index >= 15 is 0 Å². The molecule has 6 N–H and O–H groups in total. The van der Waals surface area contributed by atoms with Gasteiger partial charge in [0.2, 0.25) is 5.75 Å². The molecule has 0 bridgehead atoms. The van der Waals surface area contributed by atoms with Gasteiger partial charge in [-0.3, -0.25) is 0 Å². The number of aliphatic hydroxyl groups excluding tert-OH is 2. The van der Waals surface area contributed by atoms with Gasteiger partial charge in [0.15, 0.2) is 11.5 Å². The zero-order valence-electron chi connectivity index (χ0n) is 9.37. The van der Waals surface area contributed by atoms with E-state index in [-0.39, 0.29) is 25.0 Å². The molecule has 7 heteroatoms. The molecule has 0 aliphatic rings. The fraction of sp³-hybridized carbons (Fsp3) is 0.364. The van der Waals surface area contributed by atoms with E-state index in [1.165, 1.54) is 0 Å². The van der Waals surface area contributed by atoms with Crippen molar-refractivity contribution in [1.82, 2.24) is 0 Å². The van der Waals surface area contributed by atoms with E-state index in [1.807, 2.05) is 0 Å². The molecule has 0 aliphatic carbocycles. The molecule has 1 unspecified atom stereocenters. The predicted octanol–water partition coefficient (Wildman–Crippen LogP) is 0.307. The van der Waals surface area contributed by atoms with Crippen LogP contribution in [-0.4, -0.2) is 43.2 Å². The summed E-state index contributed by atoms with van der Waals surface area (Å²) < 4.78 is 0. The third-order valence-corrected chi connectivity index (χ3v) is 2.49. The van der Waals surface area contributed by atoms with Crippen molar-refractivity contribution in [2.24, 2.45) is 0 Å². The van der Waals surface area contributed by atoms with Crippen LogP contribution in [0.3, 0.4) is 0 Å². The minimum absolute atomic E-state index is 0.00849. The molecule has 0 amide bonds. The van der Waals surface area contributed by atoms with Gasteiger partial charge in [0.1, 0.15) is 0 Å². The van der Waals surface area contributed by atoms with Crippen molar-refractivity contribution < 1.29 is 35.4 Å². The molecule has 7 nitrogen and oxygen atoms in total. The number of rotatable bonds is 5. The summed E-state index contributed by atoms with van der Waals surface area (Å²) in [5.41, 5.74) is -0.889. The molecule has 0 radical (unpaired) electrons. The molecule has 0 heterocycles. The largest absolute Gasteiger partial charge is 0.504 e. The summed E-state index contributed by atoms with van der Waals surface area (Å²) in [6, 6.07) is 0.745. The Morgan fingerprint density at radius 2 is 1.83 bits per heavy atom. The molecule has 18 heavy (non-hydrogen) atoms. The van der Waals surface area contributed by atoms with Crippen LogP contribution < -0.4 is 0 Å². The number of aromatic carboxylic acids is 1. The third kappa shape index (κ3) is 2.63. The summed E-state index contributed by atoms with van der Waals surface area (Å²) in [4.78, 5) is 11.0. The Labute approximate surface area is 102 Å². The number of hydrogen-bond acceptors (Lipinski definition) is 6. The summed E-state index contributed by atoms with van der Waals surface area (Å²) in [5, 5.41) is 55.4. The summed E-state index contributed by atoms with van der Waals surface area (Å²) in [6.45, 7) is -0.204. The van der Waals surface area contributed by atoms with Gasteiger partial charge < -0.3 is 30.6 Å². The molecule has 1 atom stereocenters. The summed E-state index contributed by atoms with van der Waals surface area (Å²) in [7, 11) is 0. The maximum atomic E-state index is 11.0. The van der Waals surface area contributed by atoms with Gasteiger partial charge in [-0.05, 0) is 18.9 Å². The average Bonchev–Trinajstić information content (AvgIpc) is 2.32. The van der Waals surface area contributed by atoms with Crippen LogP contribution in [0.2, 0.25) is 0 Å². The maximum absolute atomic E-state index is 11.0. The molecule has 0 fully saturated rings. The summed E-state index contributed by atoms with van der Waals surface area (Å²) in [5.74, 6) is -4.02. The Bertz CT molecular complexity index is 455. The topological polar surface area (TPSA) is 138 Å². The normalized spacial score (nSPS) is 12.3. The number of carboxylic acid groups (broad SMARTS) is 1. The van der Waals surface area contributed by atoms with E-state index in [0.29, 0.717) is 0 Å². The molecule has 0 aliphatic heterocycles. The van der Waals surface area contributed by atoms with Gasteiger partial charge in [0.25, 0.3) is 0 Å². The Morgan fingerprint density at radius 1 is 1.22 bits per heavy atom. The Hall–Kier alpha value is -1.99. The van der Waals surface area contributed by atoms with Gasteiger partial charge in [0, 0.05) is 12.2 Å². The van der Waals surface area contributed by atoms with E-state index < -0.39 is 34.9 Å². The van der Waals surface area contributed by atoms with Gasteiger partial charge >= 0.3 is 5.97 Å². The first-order valence-electron chi connectivity index (χ1n) is 5.20. The summed E-state index contributed by atoms with van der Waals surface area (Å²) >= 11 is 0. The number of aromatic hydroxyl groups is 3. The molecule has 0 spiro atoms. The van der Waals surface area contributed by atoms with Crippen LogP contribution in [0.5, 0.6) is 17.2 Å². The molecule has 0 saturated carbocycles. The second kappa shape index (κ2) is 5.56. The van der Waals surface area contributed by atoms with Crippen LogP contribution >= 0.6 is 0 Å². The second-order valence-electron chi connectivity index (χ2n) is 3.74. The average molecular weight is 258 g/mol. The number of benzene rings is 1. The molecular formula is C11H14O7. The van der Waals surface area contributed by atoms with Gasteiger partial charge in [0.05, 0.1) is 11.7 Å². The molecule has 0 saturated heterocycles. The molecule has 1 aromatic rings. The van der Waals surface area contributed by atoms with E-state index in [0.717, 1.165) is 6.07 Å². The standard InChI is InChI=1S/C11H14O7/c12-3-1-2-6(13)8-5(11(17)18)4-7(14)9(15)10(8)16/h4,6,12-16H,1-3H2,(H,17,18). The van der Waals surface area contributed by atoms with Crippen molar-refractivity contribution in [1.29, 1.82) is 0 Å². The van der Waals surface area contributed by atoms with Gasteiger partial charge in [-0.15, -0.1) is 0 Å². The number of carboxylic acids is 1. The van der Waals surface area contributed by atoms with Crippen molar-refractivity contribution in [3.63, 3.8) is 0 Å². The van der Waals surface area contributed by atoms with Crippen molar-refractivity contribution in [3.8, 4) is 17.2 Å². The zero-order valence-corrected chi connectivity index (χ0v) is 9.37. The smallest absolute Gasteiger partial charge is 0.336 e. The van der Waals surface area contributed by atoms with Gasteiger partial charge in [-0.1, -0.05) is 0 Å². The van der Waals surface area contributed by atoms with Crippen LogP contribution in [0.1, 0.15) is 34.9 Å². The van der Waals surface area contributed by atoms with Gasteiger partial charge in [-0.25, -0.2) is 4.79 Å². The zero-order chi connectivity index (χ0) is 13.9. The molecule has 1 rings (SSSR count). The Balaban J connectivity index is 3.30.